The van der Waals surface area contributed by atoms with Crippen LogP contribution >= 0.6 is 11.6 Å². The fourth-order valence-corrected chi connectivity index (χ4v) is 1.90. The molecule has 0 aliphatic carbocycles. The largest absolute Gasteiger partial charge is 0.469 e. The number of halogens is 1. The Kier molecular flexibility index (Phi) is 4.01. The molecule has 1 atom stereocenters. The summed E-state index contributed by atoms with van der Waals surface area (Å²) in [6.07, 6.45) is 2.25. The second-order valence-corrected chi connectivity index (χ2v) is 4.51. The van der Waals surface area contributed by atoms with E-state index >= 15 is 0 Å². The molecule has 0 fully saturated rings. The van der Waals surface area contributed by atoms with Gasteiger partial charge in [-0.05, 0) is 19.1 Å². The van der Waals surface area contributed by atoms with Gasteiger partial charge in [0.25, 0.3) is 5.69 Å². The van der Waals surface area contributed by atoms with Gasteiger partial charge in [0, 0.05) is 12.5 Å². The summed E-state index contributed by atoms with van der Waals surface area (Å²) >= 11 is 5.75. The van der Waals surface area contributed by atoms with Crippen LogP contribution in [0, 0.1) is 10.1 Å². The van der Waals surface area contributed by atoms with Crippen molar-refractivity contribution in [1.82, 2.24) is 4.98 Å². The van der Waals surface area contributed by atoms with Crippen LogP contribution in [0.4, 0.5) is 11.5 Å². The molecule has 1 unspecified atom stereocenters. The molecule has 0 spiro atoms. The van der Waals surface area contributed by atoms with Crippen molar-refractivity contribution in [2.75, 3.05) is 5.32 Å². The zero-order valence-corrected chi connectivity index (χ0v) is 10.9. The fourth-order valence-electron chi connectivity index (χ4n) is 1.70. The van der Waals surface area contributed by atoms with E-state index in [4.69, 9.17) is 16.0 Å². The van der Waals surface area contributed by atoms with Gasteiger partial charge in [0.1, 0.15) is 16.7 Å². The van der Waals surface area contributed by atoms with Crippen molar-refractivity contribution in [2.24, 2.45) is 0 Å². The Morgan fingerprint density at radius 2 is 2.37 bits per heavy atom. The second kappa shape index (κ2) is 5.71. The first-order valence-electron chi connectivity index (χ1n) is 5.65. The summed E-state index contributed by atoms with van der Waals surface area (Å²) < 4.78 is 5.23. The molecule has 0 aliphatic rings. The van der Waals surface area contributed by atoms with Crippen molar-refractivity contribution < 1.29 is 9.34 Å². The van der Waals surface area contributed by atoms with E-state index in [-0.39, 0.29) is 16.9 Å². The quantitative estimate of drug-likeness (QED) is 0.517. The zero-order chi connectivity index (χ0) is 13.8. The summed E-state index contributed by atoms with van der Waals surface area (Å²) in [4.78, 5) is 14.2. The van der Waals surface area contributed by atoms with Crippen molar-refractivity contribution in [3.8, 4) is 0 Å². The lowest BCUT2D eigenvalue weighted by atomic mass is 10.2. The minimum atomic E-state index is -0.504. The van der Waals surface area contributed by atoms with Gasteiger partial charge in [-0.3, -0.25) is 10.1 Å². The Hall–Kier alpha value is -2.08. The van der Waals surface area contributed by atoms with Crippen molar-refractivity contribution in [1.29, 1.82) is 0 Å². The molecule has 0 radical (unpaired) electrons. The zero-order valence-electron chi connectivity index (χ0n) is 10.2. The number of anilines is 1. The molecular weight excluding hydrogens is 270 g/mol. The highest BCUT2D eigenvalue weighted by Gasteiger charge is 2.12. The average Bonchev–Trinajstić information content (AvgIpc) is 2.80. The number of hydrogen-bond donors (Lipinski definition) is 1. The molecule has 7 heteroatoms. The summed E-state index contributed by atoms with van der Waals surface area (Å²) in [7, 11) is 0. The molecule has 100 valence electrons. The van der Waals surface area contributed by atoms with Crippen LogP contribution in [-0.2, 0) is 6.42 Å². The summed E-state index contributed by atoms with van der Waals surface area (Å²) in [5, 5.41) is 13.9. The Balaban J connectivity index is 2.08. The molecule has 0 amide bonds. The first-order valence-corrected chi connectivity index (χ1v) is 6.03. The number of aromatic nitrogens is 1. The summed E-state index contributed by atoms with van der Waals surface area (Å²) in [6.45, 7) is 1.93. The minimum Gasteiger partial charge on any atom is -0.469 e. The van der Waals surface area contributed by atoms with Gasteiger partial charge < -0.3 is 9.73 Å². The van der Waals surface area contributed by atoms with Crippen LogP contribution in [0.15, 0.2) is 34.9 Å². The Morgan fingerprint density at radius 3 is 3.00 bits per heavy atom. The van der Waals surface area contributed by atoms with Gasteiger partial charge in [0.2, 0.25) is 0 Å². The molecule has 19 heavy (non-hydrogen) atoms. The number of nitrogens with one attached hydrogen (secondary N) is 1. The normalized spacial score (nSPS) is 12.1. The Labute approximate surface area is 114 Å². The van der Waals surface area contributed by atoms with Gasteiger partial charge in [0.05, 0.1) is 23.3 Å². The summed E-state index contributed by atoms with van der Waals surface area (Å²) in [5.74, 6) is 1.20. The standard InChI is InChI=1S/C12H12ClN3O3/c1-8(5-10-3-2-4-19-10)14-12-7-9(16(17)18)6-11(13)15-12/h2-4,6-8H,5H2,1H3,(H,14,15). The van der Waals surface area contributed by atoms with E-state index in [0.717, 1.165) is 5.76 Å². The van der Waals surface area contributed by atoms with Crippen LogP contribution in [0.25, 0.3) is 0 Å². The number of nitro groups is 1. The molecule has 0 bridgehead atoms. The molecule has 6 nitrogen and oxygen atoms in total. The lowest BCUT2D eigenvalue weighted by molar-refractivity contribution is -0.384. The molecule has 0 aliphatic heterocycles. The predicted octanol–water partition coefficient (Wildman–Crippen LogP) is 3.28. The molecule has 2 rings (SSSR count). The van der Waals surface area contributed by atoms with E-state index in [1.54, 1.807) is 6.26 Å². The van der Waals surface area contributed by atoms with Crippen LogP contribution in [0.2, 0.25) is 5.15 Å². The monoisotopic (exact) mass is 281 g/mol. The third-order valence-electron chi connectivity index (χ3n) is 2.47. The highest BCUT2D eigenvalue weighted by molar-refractivity contribution is 6.29. The van der Waals surface area contributed by atoms with Gasteiger partial charge in [-0.1, -0.05) is 11.6 Å². The first kappa shape index (κ1) is 13.4. The minimum absolute atomic E-state index is 0.0109. The van der Waals surface area contributed by atoms with Crippen LogP contribution in [-0.4, -0.2) is 15.9 Å². The molecular formula is C12H12ClN3O3. The topological polar surface area (TPSA) is 81.2 Å². The van der Waals surface area contributed by atoms with E-state index in [9.17, 15) is 10.1 Å². The van der Waals surface area contributed by atoms with Gasteiger partial charge in [0.15, 0.2) is 0 Å². The van der Waals surface area contributed by atoms with Gasteiger partial charge >= 0.3 is 0 Å². The van der Waals surface area contributed by atoms with Crippen molar-refractivity contribution in [3.05, 3.63) is 51.6 Å². The molecule has 2 aromatic heterocycles. The number of pyridine rings is 1. The van der Waals surface area contributed by atoms with E-state index in [1.165, 1.54) is 12.1 Å². The average molecular weight is 282 g/mol. The highest BCUT2D eigenvalue weighted by Crippen LogP contribution is 2.21. The van der Waals surface area contributed by atoms with Gasteiger partial charge in [-0.25, -0.2) is 4.98 Å². The van der Waals surface area contributed by atoms with E-state index in [0.29, 0.717) is 12.2 Å². The summed E-state index contributed by atoms with van der Waals surface area (Å²) in [5.41, 5.74) is -0.0901. The van der Waals surface area contributed by atoms with Crippen LogP contribution < -0.4 is 5.32 Å². The number of hydrogen-bond acceptors (Lipinski definition) is 5. The van der Waals surface area contributed by atoms with E-state index in [1.807, 2.05) is 19.1 Å². The van der Waals surface area contributed by atoms with Crippen LogP contribution in [0.5, 0.6) is 0 Å². The Bertz CT molecular complexity index is 572. The van der Waals surface area contributed by atoms with Crippen LogP contribution in [0.1, 0.15) is 12.7 Å². The predicted molar refractivity (Wildman–Crippen MR) is 71.4 cm³/mol. The highest BCUT2D eigenvalue weighted by atomic mass is 35.5. The number of rotatable bonds is 5. The van der Waals surface area contributed by atoms with E-state index in [2.05, 4.69) is 10.3 Å². The molecule has 0 saturated heterocycles. The second-order valence-electron chi connectivity index (χ2n) is 4.12. The maximum atomic E-state index is 10.7. The van der Waals surface area contributed by atoms with Gasteiger partial charge in [-0.2, -0.15) is 0 Å². The van der Waals surface area contributed by atoms with Crippen molar-refractivity contribution >= 4 is 23.1 Å². The van der Waals surface area contributed by atoms with Crippen molar-refractivity contribution in [3.63, 3.8) is 0 Å². The molecule has 2 heterocycles. The third kappa shape index (κ3) is 3.69. The number of furan rings is 1. The maximum Gasteiger partial charge on any atom is 0.276 e. The van der Waals surface area contributed by atoms with Crippen molar-refractivity contribution in [2.45, 2.75) is 19.4 Å². The van der Waals surface area contributed by atoms with E-state index < -0.39 is 4.92 Å². The maximum absolute atomic E-state index is 10.7. The van der Waals surface area contributed by atoms with Gasteiger partial charge in [-0.15, -0.1) is 0 Å². The Morgan fingerprint density at radius 1 is 1.58 bits per heavy atom. The SMILES string of the molecule is CC(Cc1ccco1)Nc1cc([N+](=O)[O-])cc(Cl)n1. The smallest absolute Gasteiger partial charge is 0.276 e. The fraction of sp³-hybridized carbons (Fsp3) is 0.250. The lowest BCUT2D eigenvalue weighted by Gasteiger charge is -2.13. The molecule has 0 saturated carbocycles. The third-order valence-corrected chi connectivity index (χ3v) is 2.67. The molecule has 2 aromatic rings. The number of nitrogens with zero attached hydrogens (tertiary/aromatic N) is 2. The molecule has 0 aromatic carbocycles. The summed E-state index contributed by atoms with van der Waals surface area (Å²) in [6, 6.07) is 6.25. The lowest BCUT2D eigenvalue weighted by Crippen LogP contribution is -2.18. The van der Waals surface area contributed by atoms with Crippen LogP contribution in [0.3, 0.4) is 0 Å². The first-order chi connectivity index (χ1) is 9.04. The molecule has 1 N–H and O–H groups in total.